The molecule has 0 aromatic carbocycles. The zero-order chi connectivity index (χ0) is 17.0. The molecule has 5 aliphatic rings. The van der Waals surface area contributed by atoms with E-state index in [2.05, 4.69) is 40.0 Å². The first-order valence-corrected chi connectivity index (χ1v) is 11.0. The van der Waals surface area contributed by atoms with E-state index in [-0.39, 0.29) is 0 Å². The quantitative estimate of drug-likeness (QED) is 0.822. The predicted molar refractivity (Wildman–Crippen MR) is 104 cm³/mol. The molecule has 1 aliphatic heterocycles. The maximum Gasteiger partial charge on any atom is 0.185 e. The third-order valence-corrected chi connectivity index (χ3v) is 8.50. The third-order valence-electron chi connectivity index (χ3n) is 7.35. The monoisotopic (exact) mass is 360 g/mol. The van der Waals surface area contributed by atoms with Crippen LogP contribution in [0.4, 0.5) is 5.13 Å². The fourth-order valence-corrected chi connectivity index (χ4v) is 7.50. The molecule has 138 valence electrons. The summed E-state index contributed by atoms with van der Waals surface area (Å²) in [5, 5.41) is 1.13. The predicted octanol–water partition coefficient (Wildman–Crippen LogP) is 3.30. The van der Waals surface area contributed by atoms with Crippen molar-refractivity contribution in [1.82, 2.24) is 14.8 Å². The molecule has 4 saturated carbocycles. The second-order valence-electron chi connectivity index (χ2n) is 9.41. The van der Waals surface area contributed by atoms with E-state index in [0.29, 0.717) is 5.54 Å². The molecule has 6 rings (SSSR count). The first kappa shape index (κ1) is 16.5. The van der Waals surface area contributed by atoms with E-state index in [1.165, 1.54) is 50.3 Å². The van der Waals surface area contributed by atoms with Crippen LogP contribution in [-0.4, -0.2) is 60.6 Å². The minimum absolute atomic E-state index is 0.601. The van der Waals surface area contributed by atoms with Gasteiger partial charge in [0.15, 0.2) is 5.13 Å². The standard InChI is InChI=1S/C20H32N4S/c1-22(2)19-21-13-18(25-19)14-23-3-5-24(6-4-23)20-10-15-7-16(11-20)9-17(8-15)12-20/h13,15-17H,3-12,14H2,1-2H3. The number of piperazine rings is 1. The van der Waals surface area contributed by atoms with Gasteiger partial charge in [0.2, 0.25) is 0 Å². The molecular weight excluding hydrogens is 328 g/mol. The second-order valence-corrected chi connectivity index (χ2v) is 10.5. The molecule has 0 N–H and O–H groups in total. The maximum atomic E-state index is 4.53. The Morgan fingerprint density at radius 2 is 1.64 bits per heavy atom. The van der Waals surface area contributed by atoms with Crippen LogP contribution < -0.4 is 4.90 Å². The van der Waals surface area contributed by atoms with Crippen molar-refractivity contribution in [2.24, 2.45) is 17.8 Å². The van der Waals surface area contributed by atoms with Crippen molar-refractivity contribution in [3.05, 3.63) is 11.1 Å². The molecule has 4 bridgehead atoms. The van der Waals surface area contributed by atoms with Gasteiger partial charge in [0.1, 0.15) is 0 Å². The normalized spacial score (nSPS) is 38.4. The minimum atomic E-state index is 0.601. The smallest absolute Gasteiger partial charge is 0.185 e. The number of anilines is 1. The van der Waals surface area contributed by atoms with E-state index < -0.39 is 0 Å². The first-order chi connectivity index (χ1) is 12.1. The van der Waals surface area contributed by atoms with Gasteiger partial charge < -0.3 is 4.90 Å². The van der Waals surface area contributed by atoms with Gasteiger partial charge in [-0.1, -0.05) is 0 Å². The second kappa shape index (κ2) is 6.21. The zero-order valence-electron chi connectivity index (χ0n) is 15.8. The van der Waals surface area contributed by atoms with E-state index in [0.717, 1.165) is 29.4 Å². The van der Waals surface area contributed by atoms with Crippen LogP contribution in [0, 0.1) is 17.8 Å². The van der Waals surface area contributed by atoms with Crippen LogP contribution in [0.2, 0.25) is 0 Å². The van der Waals surface area contributed by atoms with Crippen molar-refractivity contribution in [2.45, 2.75) is 50.6 Å². The van der Waals surface area contributed by atoms with Crippen LogP contribution in [0.3, 0.4) is 0 Å². The summed E-state index contributed by atoms with van der Waals surface area (Å²) in [5.41, 5.74) is 0.601. The zero-order valence-corrected chi connectivity index (χ0v) is 16.6. The van der Waals surface area contributed by atoms with Crippen LogP contribution >= 0.6 is 11.3 Å². The maximum absolute atomic E-state index is 4.53. The van der Waals surface area contributed by atoms with Crippen molar-refractivity contribution in [2.75, 3.05) is 45.2 Å². The highest BCUT2D eigenvalue weighted by Crippen LogP contribution is 2.57. The lowest BCUT2D eigenvalue weighted by atomic mass is 9.52. The Morgan fingerprint density at radius 3 is 2.16 bits per heavy atom. The third kappa shape index (κ3) is 3.02. The van der Waals surface area contributed by atoms with Gasteiger partial charge in [-0.15, -0.1) is 11.3 Å². The molecule has 0 spiro atoms. The molecule has 0 unspecified atom stereocenters. The van der Waals surface area contributed by atoms with Crippen LogP contribution in [0.25, 0.3) is 0 Å². The van der Waals surface area contributed by atoms with E-state index in [1.54, 1.807) is 19.3 Å². The number of rotatable bonds is 4. The summed E-state index contributed by atoms with van der Waals surface area (Å²) in [7, 11) is 4.15. The van der Waals surface area contributed by atoms with Gasteiger partial charge in [0, 0.05) is 63.4 Å². The van der Waals surface area contributed by atoms with Gasteiger partial charge in [0.05, 0.1) is 0 Å². The molecule has 1 aromatic heterocycles. The van der Waals surface area contributed by atoms with E-state index >= 15 is 0 Å². The molecular formula is C20H32N4S. The Morgan fingerprint density at radius 1 is 1.04 bits per heavy atom. The molecule has 0 amide bonds. The fraction of sp³-hybridized carbons (Fsp3) is 0.850. The highest BCUT2D eigenvalue weighted by molar-refractivity contribution is 7.15. The highest BCUT2D eigenvalue weighted by Gasteiger charge is 2.53. The van der Waals surface area contributed by atoms with Crippen molar-refractivity contribution in [1.29, 1.82) is 0 Å². The average molecular weight is 361 g/mol. The van der Waals surface area contributed by atoms with E-state index in [9.17, 15) is 0 Å². The molecule has 4 nitrogen and oxygen atoms in total. The Kier molecular flexibility index (Phi) is 4.10. The topological polar surface area (TPSA) is 22.6 Å². The summed E-state index contributed by atoms with van der Waals surface area (Å²) in [4.78, 5) is 13.6. The Hall–Kier alpha value is -0.650. The molecule has 1 saturated heterocycles. The number of hydrogen-bond acceptors (Lipinski definition) is 5. The number of aromatic nitrogens is 1. The summed E-state index contributed by atoms with van der Waals surface area (Å²) in [6.07, 6.45) is 11.3. The minimum Gasteiger partial charge on any atom is -0.354 e. The first-order valence-electron chi connectivity index (χ1n) is 10.2. The summed E-state index contributed by atoms with van der Waals surface area (Å²) in [6.45, 7) is 6.12. The van der Waals surface area contributed by atoms with E-state index in [4.69, 9.17) is 0 Å². The fourth-order valence-electron chi connectivity index (χ4n) is 6.63. The molecule has 5 fully saturated rings. The highest BCUT2D eigenvalue weighted by atomic mass is 32.1. The van der Waals surface area contributed by atoms with Crippen LogP contribution in [0.15, 0.2) is 6.20 Å². The van der Waals surface area contributed by atoms with Crippen molar-refractivity contribution < 1.29 is 0 Å². The Labute approximate surface area is 156 Å². The van der Waals surface area contributed by atoms with Gasteiger partial charge in [-0.3, -0.25) is 9.80 Å². The van der Waals surface area contributed by atoms with Crippen LogP contribution in [0.5, 0.6) is 0 Å². The number of thiazole rings is 1. The largest absolute Gasteiger partial charge is 0.354 e. The Balaban J connectivity index is 1.20. The van der Waals surface area contributed by atoms with Gasteiger partial charge in [-0.2, -0.15) is 0 Å². The number of hydrogen-bond donors (Lipinski definition) is 0. The molecule has 25 heavy (non-hydrogen) atoms. The van der Waals surface area contributed by atoms with Gasteiger partial charge >= 0.3 is 0 Å². The van der Waals surface area contributed by atoms with E-state index in [1.807, 2.05) is 11.3 Å². The summed E-state index contributed by atoms with van der Waals surface area (Å²) >= 11 is 1.84. The summed E-state index contributed by atoms with van der Waals surface area (Å²) in [5.74, 6) is 3.18. The lowest BCUT2D eigenvalue weighted by Gasteiger charge is -2.61. The van der Waals surface area contributed by atoms with Crippen molar-refractivity contribution in [3.8, 4) is 0 Å². The average Bonchev–Trinajstić information content (AvgIpc) is 3.03. The van der Waals surface area contributed by atoms with Crippen molar-refractivity contribution in [3.63, 3.8) is 0 Å². The molecule has 4 aliphatic carbocycles. The molecule has 2 heterocycles. The van der Waals surface area contributed by atoms with Crippen molar-refractivity contribution >= 4 is 16.5 Å². The molecule has 5 heteroatoms. The van der Waals surface area contributed by atoms with Gasteiger partial charge in [0.25, 0.3) is 0 Å². The van der Waals surface area contributed by atoms with Crippen LogP contribution in [0.1, 0.15) is 43.4 Å². The Bertz CT molecular complexity index is 582. The molecule has 1 aromatic rings. The SMILES string of the molecule is CN(C)c1ncc(CN2CCN(C34CC5CC(CC(C5)C3)C4)CC2)s1. The number of nitrogens with zero attached hydrogens (tertiary/aromatic N) is 4. The van der Waals surface area contributed by atoms with Gasteiger partial charge in [-0.25, -0.2) is 4.98 Å². The summed E-state index contributed by atoms with van der Waals surface area (Å²) < 4.78 is 0. The lowest BCUT2D eigenvalue weighted by molar-refractivity contribution is -0.101. The summed E-state index contributed by atoms with van der Waals surface area (Å²) in [6, 6.07) is 0. The van der Waals surface area contributed by atoms with Gasteiger partial charge in [-0.05, 0) is 56.3 Å². The molecule has 0 atom stereocenters. The lowest BCUT2D eigenvalue weighted by Crippen LogP contribution is -2.63. The van der Waals surface area contributed by atoms with Crippen LogP contribution in [-0.2, 0) is 6.54 Å². The molecule has 0 radical (unpaired) electrons.